The van der Waals surface area contributed by atoms with E-state index in [4.69, 9.17) is 4.98 Å². The highest BCUT2D eigenvalue weighted by molar-refractivity contribution is 5.85. The third-order valence-corrected chi connectivity index (χ3v) is 5.22. The molecule has 2 atom stereocenters. The average Bonchev–Trinajstić information content (AvgIpc) is 2.59. The Hall–Kier alpha value is -2.10. The average molecular weight is 369 g/mol. The maximum Gasteiger partial charge on any atom is 0.115 e. The van der Waals surface area contributed by atoms with Crippen molar-refractivity contribution in [1.29, 1.82) is 0 Å². The quantitative estimate of drug-likeness (QED) is 0.732. The number of rotatable bonds is 3. The number of para-hydroxylation sites is 1. The molecule has 0 saturated carbocycles. The first kappa shape index (κ1) is 18.7. The number of hydrogen-bond donors (Lipinski definition) is 1. The van der Waals surface area contributed by atoms with Gasteiger partial charge in [0.05, 0.1) is 11.2 Å². The predicted octanol–water partition coefficient (Wildman–Crippen LogP) is 4.62. The number of fused-ring (bicyclic) bond motifs is 2. The van der Waals surface area contributed by atoms with Crippen LogP contribution in [-0.2, 0) is 6.42 Å². The van der Waals surface area contributed by atoms with Gasteiger partial charge in [0.2, 0.25) is 0 Å². The summed E-state index contributed by atoms with van der Waals surface area (Å²) in [5.74, 6) is 1.05. The molecule has 0 aliphatic heterocycles. The zero-order chi connectivity index (χ0) is 17.4. The zero-order valence-electron chi connectivity index (χ0n) is 15.2. The highest BCUT2D eigenvalue weighted by Gasteiger charge is 2.32. The van der Waals surface area contributed by atoms with Crippen LogP contribution in [-0.4, -0.2) is 35.6 Å². The minimum absolute atomic E-state index is 0. The van der Waals surface area contributed by atoms with Crippen molar-refractivity contribution in [1.82, 2.24) is 9.88 Å². The molecule has 1 heterocycles. The van der Waals surface area contributed by atoms with E-state index >= 15 is 0 Å². The maximum atomic E-state index is 10.0. The Labute approximate surface area is 161 Å². The van der Waals surface area contributed by atoms with Crippen molar-refractivity contribution >= 4 is 23.3 Å². The Morgan fingerprint density at radius 1 is 1.08 bits per heavy atom. The highest BCUT2D eigenvalue weighted by atomic mass is 35.5. The molecule has 2 aromatic carbocycles. The van der Waals surface area contributed by atoms with Gasteiger partial charge in [-0.25, -0.2) is 0 Å². The van der Waals surface area contributed by atoms with Crippen LogP contribution in [0.15, 0.2) is 54.6 Å². The minimum Gasteiger partial charge on any atom is -0.508 e. The van der Waals surface area contributed by atoms with E-state index in [0.29, 0.717) is 11.7 Å². The third-order valence-electron chi connectivity index (χ3n) is 5.22. The molecule has 3 nitrogen and oxygen atoms in total. The maximum absolute atomic E-state index is 10.0. The summed E-state index contributed by atoms with van der Waals surface area (Å²) in [5, 5.41) is 11.2. The molecule has 0 fully saturated rings. The lowest BCUT2D eigenvalue weighted by Crippen LogP contribution is -2.31. The van der Waals surface area contributed by atoms with Crippen molar-refractivity contribution in [2.24, 2.45) is 5.92 Å². The van der Waals surface area contributed by atoms with Gasteiger partial charge in [-0.15, -0.1) is 12.4 Å². The fourth-order valence-corrected chi connectivity index (χ4v) is 4.19. The monoisotopic (exact) mass is 368 g/mol. The van der Waals surface area contributed by atoms with Crippen LogP contribution in [0, 0.1) is 5.92 Å². The summed E-state index contributed by atoms with van der Waals surface area (Å²) in [7, 11) is 4.26. The lowest BCUT2D eigenvalue weighted by molar-refractivity contribution is 0.279. The normalized spacial score (nSPS) is 19.2. The number of pyridine rings is 1. The number of aromatic hydroxyl groups is 1. The Morgan fingerprint density at radius 3 is 2.65 bits per heavy atom. The van der Waals surface area contributed by atoms with Crippen molar-refractivity contribution < 1.29 is 5.11 Å². The van der Waals surface area contributed by atoms with Gasteiger partial charge in [-0.3, -0.25) is 4.98 Å². The summed E-state index contributed by atoms with van der Waals surface area (Å²) in [6.07, 6.45) is 2.21. The number of phenols is 1. The van der Waals surface area contributed by atoms with E-state index in [-0.39, 0.29) is 18.3 Å². The molecule has 4 rings (SSSR count). The Balaban J connectivity index is 0.00000196. The smallest absolute Gasteiger partial charge is 0.115 e. The molecule has 4 heteroatoms. The highest BCUT2D eigenvalue weighted by Crippen LogP contribution is 2.41. The summed E-state index contributed by atoms with van der Waals surface area (Å²) < 4.78 is 0. The third kappa shape index (κ3) is 3.55. The molecule has 0 saturated heterocycles. The first-order valence-corrected chi connectivity index (χ1v) is 8.94. The van der Waals surface area contributed by atoms with Gasteiger partial charge in [-0.05, 0) is 68.2 Å². The van der Waals surface area contributed by atoms with Crippen LogP contribution in [0.2, 0.25) is 0 Å². The summed E-state index contributed by atoms with van der Waals surface area (Å²) in [5.41, 5.74) is 4.75. The molecule has 0 spiro atoms. The molecule has 26 heavy (non-hydrogen) atoms. The zero-order valence-corrected chi connectivity index (χ0v) is 16.0. The standard InChI is InChI=1S/C22H24N2O.ClH/c1-24(2)14-18-11-10-17-12-15-6-3-4-9-20(15)23-22(17)21(18)16-7-5-8-19(25)13-16;/h3-9,12-13,18,21,25H,10-11,14H2,1-2H3;1H. The number of halogens is 1. The molecule has 136 valence electrons. The van der Waals surface area contributed by atoms with Crippen molar-refractivity contribution in [2.45, 2.75) is 18.8 Å². The molecule has 3 aromatic rings. The van der Waals surface area contributed by atoms with Crippen LogP contribution in [0.3, 0.4) is 0 Å². The molecular formula is C22H25ClN2O. The van der Waals surface area contributed by atoms with Crippen LogP contribution in [0.1, 0.15) is 29.2 Å². The second kappa shape index (κ2) is 7.65. The van der Waals surface area contributed by atoms with Gasteiger partial charge in [0.15, 0.2) is 0 Å². The lowest BCUT2D eigenvalue weighted by atomic mass is 9.73. The number of nitrogens with zero attached hydrogens (tertiary/aromatic N) is 2. The number of aryl methyl sites for hydroxylation is 1. The second-order valence-electron chi connectivity index (χ2n) is 7.36. The van der Waals surface area contributed by atoms with Crippen LogP contribution < -0.4 is 0 Å². The van der Waals surface area contributed by atoms with Gasteiger partial charge in [0.25, 0.3) is 0 Å². The second-order valence-corrected chi connectivity index (χ2v) is 7.36. The fraction of sp³-hybridized carbons (Fsp3) is 0.318. The van der Waals surface area contributed by atoms with E-state index in [1.54, 1.807) is 6.07 Å². The van der Waals surface area contributed by atoms with Crippen molar-refractivity contribution in [3.63, 3.8) is 0 Å². The first-order chi connectivity index (χ1) is 12.1. The lowest BCUT2D eigenvalue weighted by Gasteiger charge is -2.35. The van der Waals surface area contributed by atoms with Crippen molar-refractivity contribution in [2.75, 3.05) is 20.6 Å². The van der Waals surface area contributed by atoms with Gasteiger partial charge in [-0.2, -0.15) is 0 Å². The van der Waals surface area contributed by atoms with E-state index < -0.39 is 0 Å². The van der Waals surface area contributed by atoms with E-state index in [1.165, 1.54) is 16.6 Å². The molecular weight excluding hydrogens is 344 g/mol. The summed E-state index contributed by atoms with van der Waals surface area (Å²) in [4.78, 5) is 7.32. The van der Waals surface area contributed by atoms with E-state index in [2.05, 4.69) is 49.3 Å². The van der Waals surface area contributed by atoms with Gasteiger partial charge in [0.1, 0.15) is 5.75 Å². The molecule has 1 aliphatic rings. The number of aromatic nitrogens is 1. The Bertz CT molecular complexity index is 910. The summed E-state index contributed by atoms with van der Waals surface area (Å²) in [6.45, 7) is 1.02. The SMILES string of the molecule is CN(C)CC1CCc2cc3ccccc3nc2C1c1cccc(O)c1.Cl. The van der Waals surface area contributed by atoms with Crippen LogP contribution in [0.5, 0.6) is 5.75 Å². The first-order valence-electron chi connectivity index (χ1n) is 8.94. The van der Waals surface area contributed by atoms with E-state index in [0.717, 1.165) is 30.5 Å². The van der Waals surface area contributed by atoms with Crippen LogP contribution in [0.4, 0.5) is 0 Å². The van der Waals surface area contributed by atoms with Gasteiger partial charge >= 0.3 is 0 Å². The topological polar surface area (TPSA) is 36.4 Å². The molecule has 1 N–H and O–H groups in total. The number of benzene rings is 2. The Morgan fingerprint density at radius 2 is 1.88 bits per heavy atom. The molecule has 0 bridgehead atoms. The van der Waals surface area contributed by atoms with Gasteiger partial charge in [0, 0.05) is 17.8 Å². The van der Waals surface area contributed by atoms with E-state index in [1.807, 2.05) is 18.2 Å². The fourth-order valence-electron chi connectivity index (χ4n) is 4.19. The molecule has 2 unspecified atom stereocenters. The number of hydrogen-bond acceptors (Lipinski definition) is 3. The minimum atomic E-state index is 0. The van der Waals surface area contributed by atoms with Crippen LogP contribution >= 0.6 is 12.4 Å². The predicted molar refractivity (Wildman–Crippen MR) is 109 cm³/mol. The van der Waals surface area contributed by atoms with E-state index in [9.17, 15) is 5.11 Å². The molecule has 0 radical (unpaired) electrons. The van der Waals surface area contributed by atoms with Gasteiger partial charge in [-0.1, -0.05) is 30.3 Å². The summed E-state index contributed by atoms with van der Waals surface area (Å²) in [6, 6.07) is 18.3. The molecule has 1 aliphatic carbocycles. The number of phenolic OH excluding ortho intramolecular Hbond substituents is 1. The van der Waals surface area contributed by atoms with Crippen molar-refractivity contribution in [3.8, 4) is 5.75 Å². The molecule has 0 amide bonds. The van der Waals surface area contributed by atoms with Gasteiger partial charge < -0.3 is 10.0 Å². The van der Waals surface area contributed by atoms with Crippen molar-refractivity contribution in [3.05, 3.63) is 71.4 Å². The molecule has 1 aromatic heterocycles. The summed E-state index contributed by atoms with van der Waals surface area (Å²) >= 11 is 0. The largest absolute Gasteiger partial charge is 0.508 e. The Kier molecular flexibility index (Phi) is 5.49. The van der Waals surface area contributed by atoms with Crippen LogP contribution in [0.25, 0.3) is 10.9 Å².